The lowest BCUT2D eigenvalue weighted by atomic mass is 10.1. The van der Waals surface area contributed by atoms with Crippen molar-refractivity contribution in [1.82, 2.24) is 5.32 Å². The highest BCUT2D eigenvalue weighted by molar-refractivity contribution is 5.72. The van der Waals surface area contributed by atoms with E-state index >= 15 is 0 Å². The average Bonchev–Trinajstić information content (AvgIpc) is 2.13. The third-order valence-electron chi connectivity index (χ3n) is 2.43. The molecule has 0 unspecified atom stereocenters. The summed E-state index contributed by atoms with van der Waals surface area (Å²) >= 11 is 0. The Morgan fingerprint density at radius 2 is 1.67 bits per heavy atom. The van der Waals surface area contributed by atoms with Crippen molar-refractivity contribution < 1.29 is 14.3 Å². The summed E-state index contributed by atoms with van der Waals surface area (Å²) in [5.41, 5.74) is -0.275. The summed E-state index contributed by atoms with van der Waals surface area (Å²) in [7, 11) is 0. The van der Waals surface area contributed by atoms with Crippen LogP contribution in [0.3, 0.4) is 0 Å². The zero-order valence-corrected chi connectivity index (χ0v) is 12.8. The molecule has 0 atom stereocenters. The van der Waals surface area contributed by atoms with E-state index in [9.17, 15) is 4.79 Å². The first kappa shape index (κ1) is 17.4. The van der Waals surface area contributed by atoms with E-state index in [0.717, 1.165) is 12.8 Å². The standard InChI is InChI=1S/C14H29NO3/c1-12(16)15-9-7-10-18-14(5,6)8-11-17-13(2,3)4/h7-11H2,1-6H3,(H,15,16). The second kappa shape index (κ2) is 7.74. The number of hydrogen-bond donors (Lipinski definition) is 1. The number of amides is 1. The van der Waals surface area contributed by atoms with Crippen LogP contribution in [0.25, 0.3) is 0 Å². The molecule has 1 N–H and O–H groups in total. The quantitative estimate of drug-likeness (QED) is 0.681. The molecular formula is C14H29NO3. The molecule has 0 aliphatic carbocycles. The summed E-state index contributed by atoms with van der Waals surface area (Å²) in [6, 6.07) is 0. The lowest BCUT2D eigenvalue weighted by Gasteiger charge is -2.27. The molecule has 0 heterocycles. The summed E-state index contributed by atoms with van der Waals surface area (Å²) in [4.78, 5) is 10.7. The number of carbonyl (C=O) groups is 1. The lowest BCUT2D eigenvalue weighted by Crippen LogP contribution is -2.30. The Bertz CT molecular complexity index is 244. The maximum atomic E-state index is 10.7. The molecule has 0 spiro atoms. The van der Waals surface area contributed by atoms with Crippen LogP contribution in [0.15, 0.2) is 0 Å². The van der Waals surface area contributed by atoms with Crippen LogP contribution in [-0.4, -0.2) is 36.9 Å². The van der Waals surface area contributed by atoms with E-state index in [4.69, 9.17) is 9.47 Å². The van der Waals surface area contributed by atoms with Crippen molar-refractivity contribution in [2.75, 3.05) is 19.8 Å². The fourth-order valence-electron chi connectivity index (χ4n) is 1.36. The van der Waals surface area contributed by atoms with Gasteiger partial charge < -0.3 is 14.8 Å². The molecule has 1 amide bonds. The van der Waals surface area contributed by atoms with Crippen LogP contribution >= 0.6 is 0 Å². The molecule has 0 saturated carbocycles. The second-order valence-electron chi connectivity index (χ2n) is 6.16. The molecule has 18 heavy (non-hydrogen) atoms. The van der Waals surface area contributed by atoms with Gasteiger partial charge in [0, 0.05) is 26.7 Å². The smallest absolute Gasteiger partial charge is 0.216 e. The summed E-state index contributed by atoms with van der Waals surface area (Å²) < 4.78 is 11.5. The molecular weight excluding hydrogens is 230 g/mol. The van der Waals surface area contributed by atoms with Crippen molar-refractivity contribution >= 4 is 5.91 Å². The fourth-order valence-corrected chi connectivity index (χ4v) is 1.36. The van der Waals surface area contributed by atoms with Gasteiger partial charge in [0.1, 0.15) is 0 Å². The number of hydrogen-bond acceptors (Lipinski definition) is 3. The largest absolute Gasteiger partial charge is 0.376 e. The molecule has 0 aromatic carbocycles. The van der Waals surface area contributed by atoms with Gasteiger partial charge in [-0.3, -0.25) is 4.79 Å². The molecule has 0 radical (unpaired) electrons. The minimum atomic E-state index is -0.179. The van der Waals surface area contributed by atoms with Crippen molar-refractivity contribution in [1.29, 1.82) is 0 Å². The molecule has 0 saturated heterocycles. The van der Waals surface area contributed by atoms with E-state index in [0.29, 0.717) is 19.8 Å². The normalized spacial score (nSPS) is 12.6. The zero-order valence-electron chi connectivity index (χ0n) is 12.8. The van der Waals surface area contributed by atoms with Gasteiger partial charge in [0.15, 0.2) is 0 Å². The molecule has 4 heteroatoms. The van der Waals surface area contributed by atoms with Crippen LogP contribution in [0.4, 0.5) is 0 Å². The number of ether oxygens (including phenoxy) is 2. The van der Waals surface area contributed by atoms with Gasteiger partial charge in [0.2, 0.25) is 5.91 Å². The SMILES string of the molecule is CC(=O)NCCCOC(C)(C)CCOC(C)(C)C. The van der Waals surface area contributed by atoms with Crippen molar-refractivity contribution in [3.05, 3.63) is 0 Å². The molecule has 4 nitrogen and oxygen atoms in total. The van der Waals surface area contributed by atoms with Crippen molar-refractivity contribution in [2.24, 2.45) is 0 Å². The molecule has 0 aromatic rings. The Labute approximate surface area is 111 Å². The van der Waals surface area contributed by atoms with Crippen molar-refractivity contribution in [3.8, 4) is 0 Å². The summed E-state index contributed by atoms with van der Waals surface area (Å²) in [5.74, 6) is 0.00726. The Morgan fingerprint density at radius 3 is 2.17 bits per heavy atom. The minimum Gasteiger partial charge on any atom is -0.376 e. The monoisotopic (exact) mass is 259 g/mol. The lowest BCUT2D eigenvalue weighted by molar-refractivity contribution is -0.119. The zero-order chi connectivity index (χ0) is 14.2. The third kappa shape index (κ3) is 11.9. The van der Waals surface area contributed by atoms with E-state index < -0.39 is 0 Å². The van der Waals surface area contributed by atoms with E-state index in [1.165, 1.54) is 6.92 Å². The Hall–Kier alpha value is -0.610. The molecule has 0 rings (SSSR count). The van der Waals surface area contributed by atoms with Gasteiger partial charge >= 0.3 is 0 Å². The Morgan fingerprint density at radius 1 is 1.06 bits per heavy atom. The van der Waals surface area contributed by atoms with Crippen LogP contribution in [0.5, 0.6) is 0 Å². The highest BCUT2D eigenvalue weighted by Crippen LogP contribution is 2.17. The van der Waals surface area contributed by atoms with Crippen LogP contribution in [0, 0.1) is 0 Å². The maximum absolute atomic E-state index is 10.7. The van der Waals surface area contributed by atoms with Crippen LogP contribution in [0.2, 0.25) is 0 Å². The highest BCUT2D eigenvalue weighted by atomic mass is 16.5. The number of carbonyl (C=O) groups excluding carboxylic acids is 1. The predicted octanol–water partition coefficient (Wildman–Crippen LogP) is 2.51. The van der Waals surface area contributed by atoms with Gasteiger partial charge in [-0.1, -0.05) is 0 Å². The molecule has 0 aromatic heterocycles. The highest BCUT2D eigenvalue weighted by Gasteiger charge is 2.19. The molecule has 0 bridgehead atoms. The molecule has 0 aliphatic rings. The molecule has 108 valence electrons. The first-order valence-corrected chi connectivity index (χ1v) is 6.65. The van der Waals surface area contributed by atoms with Crippen LogP contribution < -0.4 is 5.32 Å². The maximum Gasteiger partial charge on any atom is 0.216 e. The topological polar surface area (TPSA) is 47.6 Å². The minimum absolute atomic E-state index is 0.00726. The van der Waals surface area contributed by atoms with Crippen LogP contribution in [-0.2, 0) is 14.3 Å². The van der Waals surface area contributed by atoms with E-state index in [1.807, 2.05) is 20.8 Å². The predicted molar refractivity (Wildman–Crippen MR) is 73.7 cm³/mol. The van der Waals surface area contributed by atoms with Gasteiger partial charge in [0.25, 0.3) is 0 Å². The van der Waals surface area contributed by atoms with Gasteiger partial charge in [-0.15, -0.1) is 0 Å². The van der Waals surface area contributed by atoms with E-state index in [2.05, 4.69) is 19.2 Å². The number of nitrogens with one attached hydrogen (secondary N) is 1. The Balaban J connectivity index is 3.64. The third-order valence-corrected chi connectivity index (χ3v) is 2.43. The van der Waals surface area contributed by atoms with Gasteiger partial charge in [-0.05, 0) is 47.5 Å². The number of rotatable bonds is 8. The van der Waals surface area contributed by atoms with Crippen molar-refractivity contribution in [3.63, 3.8) is 0 Å². The molecule has 0 aliphatic heterocycles. The fraction of sp³-hybridized carbons (Fsp3) is 0.929. The second-order valence-corrected chi connectivity index (χ2v) is 6.16. The molecule has 0 fully saturated rings. The first-order chi connectivity index (χ1) is 8.12. The van der Waals surface area contributed by atoms with Gasteiger partial charge in [-0.2, -0.15) is 0 Å². The van der Waals surface area contributed by atoms with Crippen LogP contribution in [0.1, 0.15) is 54.4 Å². The summed E-state index contributed by atoms with van der Waals surface area (Å²) in [5, 5.41) is 2.75. The Kier molecular flexibility index (Phi) is 7.48. The first-order valence-electron chi connectivity index (χ1n) is 6.65. The van der Waals surface area contributed by atoms with E-state index in [1.54, 1.807) is 0 Å². The average molecular weight is 259 g/mol. The van der Waals surface area contributed by atoms with Gasteiger partial charge in [0.05, 0.1) is 11.2 Å². The summed E-state index contributed by atoms with van der Waals surface area (Å²) in [6.07, 6.45) is 1.70. The van der Waals surface area contributed by atoms with Crippen molar-refractivity contribution in [2.45, 2.75) is 65.6 Å². The van der Waals surface area contributed by atoms with E-state index in [-0.39, 0.29) is 17.1 Å². The van der Waals surface area contributed by atoms with Gasteiger partial charge in [-0.25, -0.2) is 0 Å². The summed E-state index contributed by atoms with van der Waals surface area (Å²) in [6.45, 7) is 13.8.